The summed E-state index contributed by atoms with van der Waals surface area (Å²) in [5.74, 6) is 2.48. The molecular formula is C18H16BrClN4O. The fourth-order valence-corrected chi connectivity index (χ4v) is 3.42. The van der Waals surface area contributed by atoms with Crippen LogP contribution in [0.25, 0.3) is 11.4 Å². The third-order valence-corrected chi connectivity index (χ3v) is 5.07. The van der Waals surface area contributed by atoms with Crippen molar-refractivity contribution in [2.45, 2.75) is 18.8 Å². The molecule has 0 spiro atoms. The molecule has 25 heavy (non-hydrogen) atoms. The van der Waals surface area contributed by atoms with Gasteiger partial charge in [0.1, 0.15) is 5.82 Å². The zero-order chi connectivity index (χ0) is 17.2. The molecule has 0 N–H and O–H groups in total. The lowest BCUT2D eigenvalue weighted by Gasteiger charge is -2.31. The zero-order valence-electron chi connectivity index (χ0n) is 13.4. The molecular weight excluding hydrogens is 404 g/mol. The molecule has 3 aromatic rings. The van der Waals surface area contributed by atoms with E-state index >= 15 is 0 Å². The minimum atomic E-state index is 0.216. The fraction of sp³-hybridized carbons (Fsp3) is 0.278. The first-order valence-corrected chi connectivity index (χ1v) is 9.32. The first-order chi connectivity index (χ1) is 12.2. The molecule has 1 saturated heterocycles. The summed E-state index contributed by atoms with van der Waals surface area (Å²) in [7, 11) is 0. The van der Waals surface area contributed by atoms with E-state index < -0.39 is 0 Å². The number of benzene rings is 1. The van der Waals surface area contributed by atoms with Gasteiger partial charge in [0.15, 0.2) is 0 Å². The molecule has 128 valence electrons. The third-order valence-electron chi connectivity index (χ3n) is 4.35. The lowest BCUT2D eigenvalue weighted by molar-refractivity contribution is 0.333. The topological polar surface area (TPSA) is 55.1 Å². The summed E-state index contributed by atoms with van der Waals surface area (Å²) in [6, 6.07) is 11.5. The molecule has 1 aromatic carbocycles. The van der Waals surface area contributed by atoms with E-state index in [2.05, 4.69) is 36.0 Å². The van der Waals surface area contributed by atoms with E-state index in [1.165, 1.54) is 0 Å². The normalized spacial score (nSPS) is 17.7. The molecule has 5 nitrogen and oxygen atoms in total. The second kappa shape index (κ2) is 7.14. The van der Waals surface area contributed by atoms with Crippen LogP contribution in [-0.2, 0) is 0 Å². The van der Waals surface area contributed by atoms with E-state index in [-0.39, 0.29) is 5.92 Å². The molecule has 3 heterocycles. The number of hydrogen-bond donors (Lipinski definition) is 0. The molecule has 2 aromatic heterocycles. The van der Waals surface area contributed by atoms with E-state index in [0.717, 1.165) is 41.8 Å². The van der Waals surface area contributed by atoms with Crippen molar-refractivity contribution in [3.05, 3.63) is 58.0 Å². The van der Waals surface area contributed by atoms with Gasteiger partial charge < -0.3 is 9.42 Å². The summed E-state index contributed by atoms with van der Waals surface area (Å²) in [5, 5.41) is 4.82. The van der Waals surface area contributed by atoms with Gasteiger partial charge in [0.25, 0.3) is 0 Å². The summed E-state index contributed by atoms with van der Waals surface area (Å²) in [4.78, 5) is 11.4. The SMILES string of the molecule is Clc1ccc(-c2noc(C3CCCN(c4ccc(Br)cn4)C3)n2)cc1. The Morgan fingerprint density at radius 1 is 1.16 bits per heavy atom. The average molecular weight is 420 g/mol. The maximum Gasteiger partial charge on any atom is 0.231 e. The largest absolute Gasteiger partial charge is 0.356 e. The molecule has 0 radical (unpaired) electrons. The molecule has 4 rings (SSSR count). The van der Waals surface area contributed by atoms with Gasteiger partial charge in [0.05, 0.1) is 5.92 Å². The molecule has 1 fully saturated rings. The number of pyridine rings is 1. The van der Waals surface area contributed by atoms with Crippen molar-refractivity contribution >= 4 is 33.3 Å². The standard InChI is InChI=1S/C18H16BrClN4O/c19-14-5-8-16(21-10-14)24-9-1-2-13(11-24)18-22-17(23-25-18)12-3-6-15(20)7-4-12/h3-8,10,13H,1-2,9,11H2. The lowest BCUT2D eigenvalue weighted by Crippen LogP contribution is -2.35. The molecule has 0 aliphatic carbocycles. The van der Waals surface area contributed by atoms with Gasteiger partial charge in [0.2, 0.25) is 11.7 Å². The van der Waals surface area contributed by atoms with E-state index in [4.69, 9.17) is 16.1 Å². The van der Waals surface area contributed by atoms with Crippen molar-refractivity contribution in [2.75, 3.05) is 18.0 Å². The summed E-state index contributed by atoms with van der Waals surface area (Å²) < 4.78 is 6.52. The summed E-state index contributed by atoms with van der Waals surface area (Å²) in [6.07, 6.45) is 3.93. The number of nitrogens with zero attached hydrogens (tertiary/aromatic N) is 4. The second-order valence-corrected chi connectivity index (χ2v) is 7.44. The van der Waals surface area contributed by atoms with Gasteiger partial charge in [-0.1, -0.05) is 16.8 Å². The van der Waals surface area contributed by atoms with E-state index in [9.17, 15) is 0 Å². The van der Waals surface area contributed by atoms with Gasteiger partial charge >= 0.3 is 0 Å². The number of halogens is 2. The highest BCUT2D eigenvalue weighted by Crippen LogP contribution is 2.30. The summed E-state index contributed by atoms with van der Waals surface area (Å²) in [5.41, 5.74) is 0.904. The van der Waals surface area contributed by atoms with Crippen molar-refractivity contribution < 1.29 is 4.52 Å². The molecule has 7 heteroatoms. The first kappa shape index (κ1) is 16.5. The highest BCUT2D eigenvalue weighted by molar-refractivity contribution is 9.10. The fourth-order valence-electron chi connectivity index (χ4n) is 3.06. The second-order valence-electron chi connectivity index (χ2n) is 6.08. The van der Waals surface area contributed by atoms with Crippen LogP contribution in [0, 0.1) is 0 Å². The smallest absolute Gasteiger partial charge is 0.231 e. The number of piperidine rings is 1. The molecule has 1 aliphatic heterocycles. The predicted octanol–water partition coefficient (Wildman–Crippen LogP) is 4.93. The van der Waals surface area contributed by atoms with Crippen molar-refractivity contribution in [3.63, 3.8) is 0 Å². The Morgan fingerprint density at radius 2 is 2.00 bits per heavy atom. The lowest BCUT2D eigenvalue weighted by atomic mass is 9.98. The minimum Gasteiger partial charge on any atom is -0.356 e. The quantitative estimate of drug-likeness (QED) is 0.602. The molecule has 0 amide bonds. The van der Waals surface area contributed by atoms with Crippen LogP contribution in [-0.4, -0.2) is 28.2 Å². The number of rotatable bonds is 3. The number of hydrogen-bond acceptors (Lipinski definition) is 5. The molecule has 0 bridgehead atoms. The van der Waals surface area contributed by atoms with Crippen LogP contribution in [0.5, 0.6) is 0 Å². The monoisotopic (exact) mass is 418 g/mol. The predicted molar refractivity (Wildman–Crippen MR) is 101 cm³/mol. The molecule has 1 atom stereocenters. The van der Waals surface area contributed by atoms with Gasteiger partial charge in [-0.15, -0.1) is 0 Å². The van der Waals surface area contributed by atoms with Crippen molar-refractivity contribution in [2.24, 2.45) is 0 Å². The van der Waals surface area contributed by atoms with Gasteiger partial charge in [-0.3, -0.25) is 0 Å². The maximum atomic E-state index is 5.93. The molecule has 1 unspecified atom stereocenters. The minimum absolute atomic E-state index is 0.216. The Kier molecular flexibility index (Phi) is 4.72. The highest BCUT2D eigenvalue weighted by atomic mass is 79.9. The first-order valence-electron chi connectivity index (χ1n) is 8.15. The Bertz CT molecular complexity index is 850. The third kappa shape index (κ3) is 3.70. The maximum absolute atomic E-state index is 5.93. The van der Waals surface area contributed by atoms with Crippen LogP contribution in [0.2, 0.25) is 5.02 Å². The summed E-state index contributed by atoms with van der Waals surface area (Å²) in [6.45, 7) is 1.82. The zero-order valence-corrected chi connectivity index (χ0v) is 15.7. The Hall–Kier alpha value is -1.92. The van der Waals surface area contributed by atoms with E-state index in [1.54, 1.807) is 0 Å². The van der Waals surface area contributed by atoms with Crippen molar-refractivity contribution in [3.8, 4) is 11.4 Å². The molecule has 1 aliphatic rings. The van der Waals surface area contributed by atoms with Gasteiger partial charge in [0, 0.05) is 34.3 Å². The number of anilines is 1. The Balaban J connectivity index is 1.51. The van der Waals surface area contributed by atoms with Crippen LogP contribution in [0.1, 0.15) is 24.7 Å². The van der Waals surface area contributed by atoms with Crippen LogP contribution < -0.4 is 4.90 Å². The van der Waals surface area contributed by atoms with Gasteiger partial charge in [-0.05, 0) is 65.2 Å². The van der Waals surface area contributed by atoms with Crippen molar-refractivity contribution in [1.82, 2.24) is 15.1 Å². The van der Waals surface area contributed by atoms with Crippen LogP contribution in [0.3, 0.4) is 0 Å². The van der Waals surface area contributed by atoms with Crippen LogP contribution >= 0.6 is 27.5 Å². The number of aromatic nitrogens is 3. The summed E-state index contributed by atoms with van der Waals surface area (Å²) >= 11 is 9.36. The van der Waals surface area contributed by atoms with Gasteiger partial charge in [-0.2, -0.15) is 4.98 Å². The Morgan fingerprint density at radius 3 is 2.76 bits per heavy atom. The van der Waals surface area contributed by atoms with Crippen LogP contribution in [0.15, 0.2) is 51.6 Å². The van der Waals surface area contributed by atoms with E-state index in [1.807, 2.05) is 42.6 Å². The Labute approximate surface area is 159 Å². The van der Waals surface area contributed by atoms with Crippen LogP contribution in [0.4, 0.5) is 5.82 Å². The molecule has 0 saturated carbocycles. The van der Waals surface area contributed by atoms with Gasteiger partial charge in [-0.25, -0.2) is 4.98 Å². The van der Waals surface area contributed by atoms with E-state index in [0.29, 0.717) is 16.7 Å². The van der Waals surface area contributed by atoms with Crippen molar-refractivity contribution in [1.29, 1.82) is 0 Å². The highest BCUT2D eigenvalue weighted by Gasteiger charge is 2.27. The average Bonchev–Trinajstić information content (AvgIpc) is 3.13.